The third-order valence-electron chi connectivity index (χ3n) is 3.90. The van der Waals surface area contributed by atoms with E-state index in [1.54, 1.807) is 7.11 Å². The molecule has 19 heavy (non-hydrogen) atoms. The van der Waals surface area contributed by atoms with E-state index in [0.29, 0.717) is 6.04 Å². The molecule has 0 bridgehead atoms. The van der Waals surface area contributed by atoms with Gasteiger partial charge in [0.1, 0.15) is 0 Å². The van der Waals surface area contributed by atoms with Gasteiger partial charge in [-0.2, -0.15) is 0 Å². The number of hydrogen-bond donors (Lipinski definition) is 1. The summed E-state index contributed by atoms with van der Waals surface area (Å²) in [6, 6.07) is 4.40. The molecule has 1 aliphatic carbocycles. The van der Waals surface area contributed by atoms with Crippen molar-refractivity contribution in [2.24, 2.45) is 5.92 Å². The SMILES string of the molecule is COc1ccc(Br)c(C2CCCN2)c1OCC1CC1. The van der Waals surface area contributed by atoms with Crippen LogP contribution in [0.15, 0.2) is 16.6 Å². The molecule has 3 rings (SSSR count). The van der Waals surface area contributed by atoms with E-state index < -0.39 is 0 Å². The zero-order valence-electron chi connectivity index (χ0n) is 11.2. The molecular weight excluding hydrogens is 306 g/mol. The second kappa shape index (κ2) is 5.71. The largest absolute Gasteiger partial charge is 0.493 e. The van der Waals surface area contributed by atoms with E-state index in [1.165, 1.54) is 24.8 Å². The topological polar surface area (TPSA) is 30.5 Å². The minimum Gasteiger partial charge on any atom is -0.493 e. The predicted molar refractivity (Wildman–Crippen MR) is 78.9 cm³/mol. The molecule has 2 aliphatic rings. The van der Waals surface area contributed by atoms with Crippen molar-refractivity contribution in [2.75, 3.05) is 20.3 Å². The molecule has 3 nitrogen and oxygen atoms in total. The molecular formula is C15H20BrNO2. The van der Waals surface area contributed by atoms with Crippen LogP contribution < -0.4 is 14.8 Å². The lowest BCUT2D eigenvalue weighted by molar-refractivity contribution is 0.275. The van der Waals surface area contributed by atoms with Crippen LogP contribution in [0.25, 0.3) is 0 Å². The van der Waals surface area contributed by atoms with Crippen molar-refractivity contribution in [1.29, 1.82) is 0 Å². The Morgan fingerprint density at radius 3 is 2.79 bits per heavy atom. The molecule has 1 aromatic carbocycles. The lowest BCUT2D eigenvalue weighted by Gasteiger charge is -2.20. The van der Waals surface area contributed by atoms with Gasteiger partial charge in [-0.25, -0.2) is 0 Å². The van der Waals surface area contributed by atoms with Crippen LogP contribution in [0.3, 0.4) is 0 Å². The molecule has 1 atom stereocenters. The van der Waals surface area contributed by atoms with Crippen molar-refractivity contribution in [3.63, 3.8) is 0 Å². The number of halogens is 1. The lowest BCUT2D eigenvalue weighted by Crippen LogP contribution is -2.15. The van der Waals surface area contributed by atoms with Gasteiger partial charge in [0, 0.05) is 16.1 Å². The Labute approximate surface area is 122 Å². The van der Waals surface area contributed by atoms with E-state index in [0.717, 1.165) is 41.5 Å². The van der Waals surface area contributed by atoms with E-state index in [1.807, 2.05) is 6.07 Å². The molecule has 1 N–H and O–H groups in total. The molecule has 1 aliphatic heterocycles. The van der Waals surface area contributed by atoms with Crippen LogP contribution in [-0.2, 0) is 0 Å². The molecule has 1 unspecified atom stereocenters. The third-order valence-corrected chi connectivity index (χ3v) is 4.59. The Morgan fingerprint density at radius 1 is 1.32 bits per heavy atom. The van der Waals surface area contributed by atoms with Gasteiger partial charge in [-0.3, -0.25) is 0 Å². The zero-order chi connectivity index (χ0) is 13.2. The van der Waals surface area contributed by atoms with E-state index >= 15 is 0 Å². The van der Waals surface area contributed by atoms with Gasteiger partial charge in [0.25, 0.3) is 0 Å². The van der Waals surface area contributed by atoms with Crippen molar-refractivity contribution in [1.82, 2.24) is 5.32 Å². The molecule has 0 spiro atoms. The van der Waals surface area contributed by atoms with Crippen molar-refractivity contribution >= 4 is 15.9 Å². The maximum atomic E-state index is 6.08. The number of benzene rings is 1. The number of hydrogen-bond acceptors (Lipinski definition) is 3. The quantitative estimate of drug-likeness (QED) is 0.895. The van der Waals surface area contributed by atoms with Gasteiger partial charge in [-0.05, 0) is 50.3 Å². The Hall–Kier alpha value is -0.740. The summed E-state index contributed by atoms with van der Waals surface area (Å²) in [4.78, 5) is 0. The zero-order valence-corrected chi connectivity index (χ0v) is 12.8. The second-order valence-corrected chi connectivity index (χ2v) is 6.25. The van der Waals surface area contributed by atoms with E-state index in [9.17, 15) is 0 Å². The number of ether oxygens (including phenoxy) is 2. The molecule has 0 radical (unpaired) electrons. The highest BCUT2D eigenvalue weighted by Crippen LogP contribution is 2.43. The van der Waals surface area contributed by atoms with Gasteiger partial charge in [-0.1, -0.05) is 15.9 Å². The van der Waals surface area contributed by atoms with Crippen LogP contribution in [0.1, 0.15) is 37.3 Å². The maximum absolute atomic E-state index is 6.08. The van der Waals surface area contributed by atoms with Crippen LogP contribution in [0.5, 0.6) is 11.5 Å². The monoisotopic (exact) mass is 325 g/mol. The average Bonchev–Trinajstić information content (AvgIpc) is 3.10. The average molecular weight is 326 g/mol. The Kier molecular flexibility index (Phi) is 3.99. The van der Waals surface area contributed by atoms with Gasteiger partial charge in [0.15, 0.2) is 11.5 Å². The second-order valence-electron chi connectivity index (χ2n) is 5.40. The van der Waals surface area contributed by atoms with Crippen LogP contribution in [0, 0.1) is 5.92 Å². The van der Waals surface area contributed by atoms with Crippen molar-refractivity contribution in [3.05, 3.63) is 22.2 Å². The van der Waals surface area contributed by atoms with Crippen molar-refractivity contribution in [2.45, 2.75) is 31.7 Å². The summed E-state index contributed by atoms with van der Waals surface area (Å²) in [7, 11) is 1.71. The molecule has 0 amide bonds. The summed E-state index contributed by atoms with van der Waals surface area (Å²) in [5.41, 5.74) is 1.22. The fourth-order valence-corrected chi connectivity index (χ4v) is 3.20. The summed E-state index contributed by atoms with van der Waals surface area (Å²) >= 11 is 3.67. The van der Waals surface area contributed by atoms with E-state index in [-0.39, 0.29) is 0 Å². The maximum Gasteiger partial charge on any atom is 0.167 e. The predicted octanol–water partition coefficient (Wildman–Crippen LogP) is 3.67. The first-order valence-corrected chi connectivity index (χ1v) is 7.81. The normalized spacial score (nSPS) is 22.5. The standard InChI is InChI=1S/C15H20BrNO2/c1-18-13-7-6-11(16)14(12-3-2-8-17-12)15(13)19-9-10-4-5-10/h6-7,10,12,17H,2-5,8-9H2,1H3. The van der Waals surface area contributed by atoms with Gasteiger partial charge in [0.2, 0.25) is 0 Å². The molecule has 104 valence electrons. The highest BCUT2D eigenvalue weighted by atomic mass is 79.9. The van der Waals surface area contributed by atoms with Gasteiger partial charge >= 0.3 is 0 Å². The lowest BCUT2D eigenvalue weighted by atomic mass is 10.0. The first-order valence-electron chi connectivity index (χ1n) is 7.02. The molecule has 1 heterocycles. The molecule has 2 fully saturated rings. The summed E-state index contributed by atoms with van der Waals surface area (Å²) in [5, 5.41) is 3.54. The van der Waals surface area contributed by atoms with Crippen LogP contribution >= 0.6 is 15.9 Å². The highest BCUT2D eigenvalue weighted by molar-refractivity contribution is 9.10. The minimum absolute atomic E-state index is 0.374. The van der Waals surface area contributed by atoms with Crippen LogP contribution in [0.4, 0.5) is 0 Å². The first-order chi connectivity index (χ1) is 9.29. The summed E-state index contributed by atoms with van der Waals surface area (Å²) < 4.78 is 12.7. The molecule has 1 saturated carbocycles. The highest BCUT2D eigenvalue weighted by Gasteiger charge is 2.27. The Balaban J connectivity index is 1.92. The first kappa shape index (κ1) is 13.3. The van der Waals surface area contributed by atoms with Gasteiger partial charge in [-0.15, -0.1) is 0 Å². The van der Waals surface area contributed by atoms with Gasteiger partial charge in [0.05, 0.1) is 13.7 Å². The fraction of sp³-hybridized carbons (Fsp3) is 0.600. The van der Waals surface area contributed by atoms with Crippen molar-refractivity contribution in [3.8, 4) is 11.5 Å². The fourth-order valence-electron chi connectivity index (χ4n) is 2.61. The van der Waals surface area contributed by atoms with Crippen LogP contribution in [0.2, 0.25) is 0 Å². The number of methoxy groups -OCH3 is 1. The smallest absolute Gasteiger partial charge is 0.167 e. The number of rotatable bonds is 5. The van der Waals surface area contributed by atoms with E-state index in [2.05, 4.69) is 27.3 Å². The molecule has 1 aromatic rings. The summed E-state index contributed by atoms with van der Waals surface area (Å²) in [6.07, 6.45) is 4.97. The molecule has 1 saturated heterocycles. The van der Waals surface area contributed by atoms with Crippen molar-refractivity contribution < 1.29 is 9.47 Å². The third kappa shape index (κ3) is 2.90. The number of nitrogens with one attached hydrogen (secondary N) is 1. The van der Waals surface area contributed by atoms with Crippen LogP contribution in [-0.4, -0.2) is 20.3 Å². The summed E-state index contributed by atoms with van der Waals surface area (Å²) in [5.74, 6) is 2.50. The minimum atomic E-state index is 0.374. The molecule has 4 heteroatoms. The Morgan fingerprint density at radius 2 is 2.16 bits per heavy atom. The summed E-state index contributed by atoms with van der Waals surface area (Å²) in [6.45, 7) is 1.89. The molecule has 0 aromatic heterocycles. The van der Waals surface area contributed by atoms with E-state index in [4.69, 9.17) is 9.47 Å². The Bertz CT molecular complexity index is 454. The van der Waals surface area contributed by atoms with Gasteiger partial charge < -0.3 is 14.8 Å².